The minimum atomic E-state index is -0.318. The molecule has 2 heterocycles. The molecular weight excluding hydrogens is 313 g/mol. The fourth-order valence-electron chi connectivity index (χ4n) is 2.75. The van der Waals surface area contributed by atoms with E-state index in [1.54, 1.807) is 12.1 Å². The Labute approximate surface area is 139 Å². The van der Waals surface area contributed by atoms with E-state index in [9.17, 15) is 9.18 Å². The zero-order valence-corrected chi connectivity index (χ0v) is 14.0. The van der Waals surface area contributed by atoms with Gasteiger partial charge in [0.25, 0.3) is 5.91 Å². The van der Waals surface area contributed by atoms with Gasteiger partial charge in [0.05, 0.1) is 10.7 Å². The van der Waals surface area contributed by atoms with Crippen molar-refractivity contribution in [1.82, 2.24) is 9.88 Å². The van der Waals surface area contributed by atoms with Crippen LogP contribution in [0.15, 0.2) is 24.3 Å². The molecule has 0 radical (unpaired) electrons. The van der Waals surface area contributed by atoms with Crippen LogP contribution in [0.1, 0.15) is 33.2 Å². The van der Waals surface area contributed by atoms with Gasteiger partial charge in [0.2, 0.25) is 0 Å². The number of anilines is 1. The summed E-state index contributed by atoms with van der Waals surface area (Å²) in [5.41, 5.74) is 1.34. The van der Waals surface area contributed by atoms with Crippen molar-refractivity contribution < 1.29 is 9.18 Å². The maximum Gasteiger partial charge on any atom is 0.267 e. The second-order valence-electron chi connectivity index (χ2n) is 5.78. The Morgan fingerprint density at radius 2 is 2.00 bits per heavy atom. The number of hydrogen-bond donors (Lipinski definition) is 1. The molecule has 1 aliphatic heterocycles. The van der Waals surface area contributed by atoms with Crippen LogP contribution in [0.2, 0.25) is 0 Å². The van der Waals surface area contributed by atoms with Crippen molar-refractivity contribution >= 4 is 22.9 Å². The number of amides is 1. The van der Waals surface area contributed by atoms with E-state index in [1.807, 2.05) is 6.92 Å². The Morgan fingerprint density at radius 1 is 1.30 bits per heavy atom. The highest BCUT2D eigenvalue weighted by atomic mass is 32.1. The van der Waals surface area contributed by atoms with Crippen molar-refractivity contribution in [2.24, 2.45) is 0 Å². The van der Waals surface area contributed by atoms with Crippen molar-refractivity contribution in [3.63, 3.8) is 0 Å². The summed E-state index contributed by atoms with van der Waals surface area (Å²) in [7, 11) is 0. The Morgan fingerprint density at radius 3 is 2.70 bits per heavy atom. The van der Waals surface area contributed by atoms with Gasteiger partial charge in [-0.2, -0.15) is 0 Å². The van der Waals surface area contributed by atoms with Gasteiger partial charge in [-0.3, -0.25) is 4.79 Å². The molecule has 0 atom stereocenters. The molecule has 0 saturated carbocycles. The van der Waals surface area contributed by atoms with Gasteiger partial charge in [0.1, 0.15) is 10.7 Å². The Balaban J connectivity index is 1.62. The average Bonchev–Trinajstić information content (AvgIpc) is 3.17. The van der Waals surface area contributed by atoms with Crippen molar-refractivity contribution in [2.75, 3.05) is 25.0 Å². The lowest BCUT2D eigenvalue weighted by atomic mass is 10.3. The number of carbonyl (C=O) groups is 1. The third kappa shape index (κ3) is 4.14. The van der Waals surface area contributed by atoms with Crippen LogP contribution in [0.3, 0.4) is 0 Å². The van der Waals surface area contributed by atoms with Gasteiger partial charge in [0.15, 0.2) is 0 Å². The van der Waals surface area contributed by atoms with E-state index in [0.717, 1.165) is 23.7 Å². The normalized spacial score (nSPS) is 15.0. The first-order chi connectivity index (χ1) is 11.1. The lowest BCUT2D eigenvalue weighted by molar-refractivity contribution is 0.103. The number of aromatic nitrogens is 1. The van der Waals surface area contributed by atoms with E-state index in [1.165, 1.54) is 49.4 Å². The van der Waals surface area contributed by atoms with Crippen molar-refractivity contribution in [1.29, 1.82) is 0 Å². The van der Waals surface area contributed by atoms with Gasteiger partial charge < -0.3 is 10.2 Å². The molecule has 0 spiro atoms. The minimum absolute atomic E-state index is 0.181. The predicted octanol–water partition coefficient (Wildman–Crippen LogP) is 3.48. The zero-order valence-electron chi connectivity index (χ0n) is 13.1. The summed E-state index contributed by atoms with van der Waals surface area (Å²) in [6.45, 7) is 5.20. The van der Waals surface area contributed by atoms with Crippen LogP contribution in [0.4, 0.5) is 10.1 Å². The van der Waals surface area contributed by atoms with E-state index in [0.29, 0.717) is 10.6 Å². The maximum atomic E-state index is 12.9. The molecule has 1 aromatic carbocycles. The number of hydrogen-bond acceptors (Lipinski definition) is 4. The molecule has 6 heteroatoms. The van der Waals surface area contributed by atoms with Crippen LogP contribution in [-0.4, -0.2) is 35.4 Å². The lowest BCUT2D eigenvalue weighted by Gasteiger charge is -2.12. The molecule has 1 amide bonds. The molecule has 0 aliphatic carbocycles. The molecular formula is C17H20FN3OS. The summed E-state index contributed by atoms with van der Waals surface area (Å²) < 4.78 is 12.9. The first kappa shape index (κ1) is 16.1. The van der Waals surface area contributed by atoms with Crippen LogP contribution < -0.4 is 5.32 Å². The summed E-state index contributed by atoms with van der Waals surface area (Å²) >= 11 is 1.45. The first-order valence-corrected chi connectivity index (χ1v) is 8.69. The topological polar surface area (TPSA) is 45.2 Å². The molecule has 2 aromatic rings. The number of nitrogens with one attached hydrogen (secondary N) is 1. The number of halogens is 1. The van der Waals surface area contributed by atoms with E-state index in [4.69, 9.17) is 0 Å². The molecule has 1 N–H and O–H groups in total. The Hall–Kier alpha value is -1.79. The molecule has 3 rings (SSSR count). The molecule has 122 valence electrons. The minimum Gasteiger partial charge on any atom is -0.321 e. The standard InChI is InChI=1S/C17H20FN3OS/c1-12-16(17(22)20-14-6-4-13(18)5-7-14)23-15(19-12)8-11-21-9-2-3-10-21/h4-7H,2-3,8-11H2,1H3,(H,20,22). The summed E-state index contributed by atoms with van der Waals surface area (Å²) in [5, 5.41) is 3.79. The highest BCUT2D eigenvalue weighted by Gasteiger charge is 2.17. The Kier molecular flexibility index (Phi) is 5.03. The lowest BCUT2D eigenvalue weighted by Crippen LogP contribution is -2.21. The van der Waals surface area contributed by atoms with Crippen LogP contribution >= 0.6 is 11.3 Å². The summed E-state index contributed by atoms with van der Waals surface area (Å²) in [6.07, 6.45) is 3.44. The Bertz CT molecular complexity index is 678. The number of carbonyl (C=O) groups excluding carboxylic acids is 1. The summed E-state index contributed by atoms with van der Waals surface area (Å²) in [5.74, 6) is -0.500. The second kappa shape index (κ2) is 7.19. The van der Waals surface area contributed by atoms with E-state index >= 15 is 0 Å². The molecule has 1 fully saturated rings. The highest BCUT2D eigenvalue weighted by Crippen LogP contribution is 2.21. The molecule has 23 heavy (non-hydrogen) atoms. The number of rotatable bonds is 5. The smallest absolute Gasteiger partial charge is 0.267 e. The fraction of sp³-hybridized carbons (Fsp3) is 0.412. The van der Waals surface area contributed by atoms with Crippen molar-refractivity contribution in [3.05, 3.63) is 45.7 Å². The van der Waals surface area contributed by atoms with Crippen LogP contribution in [-0.2, 0) is 6.42 Å². The van der Waals surface area contributed by atoms with Crippen molar-refractivity contribution in [2.45, 2.75) is 26.2 Å². The average molecular weight is 333 g/mol. The zero-order chi connectivity index (χ0) is 16.2. The van der Waals surface area contributed by atoms with E-state index in [-0.39, 0.29) is 11.7 Å². The number of likely N-dealkylation sites (tertiary alicyclic amines) is 1. The number of benzene rings is 1. The van der Waals surface area contributed by atoms with Gasteiger partial charge in [-0.05, 0) is 57.1 Å². The molecule has 1 aromatic heterocycles. The van der Waals surface area contributed by atoms with Gasteiger partial charge >= 0.3 is 0 Å². The largest absolute Gasteiger partial charge is 0.321 e. The van der Waals surface area contributed by atoms with Crippen LogP contribution in [0.25, 0.3) is 0 Å². The van der Waals surface area contributed by atoms with Gasteiger partial charge in [0, 0.05) is 18.7 Å². The quantitative estimate of drug-likeness (QED) is 0.911. The van der Waals surface area contributed by atoms with Gasteiger partial charge in [-0.15, -0.1) is 11.3 Å². The summed E-state index contributed by atoms with van der Waals surface area (Å²) in [6, 6.07) is 5.77. The molecule has 0 unspecified atom stereocenters. The number of aryl methyl sites for hydroxylation is 1. The third-order valence-corrected chi connectivity index (χ3v) is 5.21. The SMILES string of the molecule is Cc1nc(CCN2CCCC2)sc1C(=O)Nc1ccc(F)cc1. The molecule has 1 aliphatic rings. The highest BCUT2D eigenvalue weighted by molar-refractivity contribution is 7.13. The van der Waals surface area contributed by atoms with Gasteiger partial charge in [-0.1, -0.05) is 0 Å². The molecule has 4 nitrogen and oxygen atoms in total. The molecule has 0 bridgehead atoms. The predicted molar refractivity (Wildman–Crippen MR) is 90.6 cm³/mol. The van der Waals surface area contributed by atoms with E-state index in [2.05, 4.69) is 15.2 Å². The van der Waals surface area contributed by atoms with E-state index < -0.39 is 0 Å². The first-order valence-electron chi connectivity index (χ1n) is 7.87. The van der Waals surface area contributed by atoms with Crippen LogP contribution in [0.5, 0.6) is 0 Å². The monoisotopic (exact) mass is 333 g/mol. The van der Waals surface area contributed by atoms with Crippen molar-refractivity contribution in [3.8, 4) is 0 Å². The second-order valence-corrected chi connectivity index (χ2v) is 6.87. The summed E-state index contributed by atoms with van der Waals surface area (Å²) in [4.78, 5) is 19.9. The number of thiazole rings is 1. The third-order valence-electron chi connectivity index (χ3n) is 3.99. The molecule has 1 saturated heterocycles. The van der Waals surface area contributed by atoms with Crippen LogP contribution in [0, 0.1) is 12.7 Å². The van der Waals surface area contributed by atoms with Gasteiger partial charge in [-0.25, -0.2) is 9.37 Å². The maximum absolute atomic E-state index is 12.9. The fourth-order valence-corrected chi connectivity index (χ4v) is 3.70. The number of nitrogens with zero attached hydrogens (tertiary/aromatic N) is 2.